The second-order valence-electron chi connectivity index (χ2n) is 6.53. The third-order valence-electron chi connectivity index (χ3n) is 4.15. The largest absolute Gasteiger partial charge is 0.496 e. The van der Waals surface area contributed by atoms with Gasteiger partial charge in [0.25, 0.3) is 0 Å². The Hall–Kier alpha value is -2.54. The Labute approximate surface area is 155 Å². The first kappa shape index (κ1) is 19.8. The van der Waals surface area contributed by atoms with E-state index in [0.717, 1.165) is 29.0 Å². The Balaban J connectivity index is 2.03. The van der Waals surface area contributed by atoms with Crippen molar-refractivity contribution in [2.75, 3.05) is 20.2 Å². The molecule has 0 aliphatic heterocycles. The van der Waals surface area contributed by atoms with Gasteiger partial charge in [-0.2, -0.15) is 5.10 Å². The summed E-state index contributed by atoms with van der Waals surface area (Å²) in [5.41, 5.74) is 1.90. The van der Waals surface area contributed by atoms with Crippen LogP contribution in [0.5, 0.6) is 5.75 Å². The fourth-order valence-electron chi connectivity index (χ4n) is 2.61. The Morgan fingerprint density at radius 2 is 2.15 bits per heavy atom. The molecule has 142 valence electrons. The predicted molar refractivity (Wildman–Crippen MR) is 103 cm³/mol. The van der Waals surface area contributed by atoms with Crippen molar-refractivity contribution in [3.8, 4) is 5.75 Å². The summed E-state index contributed by atoms with van der Waals surface area (Å²) >= 11 is 0. The van der Waals surface area contributed by atoms with Crippen molar-refractivity contribution in [1.82, 2.24) is 20.4 Å². The van der Waals surface area contributed by atoms with Gasteiger partial charge in [0, 0.05) is 25.4 Å². The summed E-state index contributed by atoms with van der Waals surface area (Å²) in [6.45, 7) is 7.38. The molecule has 0 radical (unpaired) electrons. The van der Waals surface area contributed by atoms with Crippen molar-refractivity contribution < 1.29 is 9.84 Å². The van der Waals surface area contributed by atoms with Crippen LogP contribution in [0.1, 0.15) is 30.5 Å². The van der Waals surface area contributed by atoms with Crippen LogP contribution in [0.4, 0.5) is 0 Å². The van der Waals surface area contributed by atoms with Crippen molar-refractivity contribution in [3.05, 3.63) is 47.3 Å². The maximum absolute atomic E-state index is 10.7. The molecule has 0 aliphatic rings. The third-order valence-corrected chi connectivity index (χ3v) is 4.15. The van der Waals surface area contributed by atoms with Gasteiger partial charge >= 0.3 is 0 Å². The molecular weight excluding hydrogens is 330 g/mol. The van der Waals surface area contributed by atoms with Crippen LogP contribution in [-0.4, -0.2) is 41.0 Å². The Bertz CT molecular complexity index is 752. The first-order valence-electron chi connectivity index (χ1n) is 8.73. The fraction of sp³-hybridized carbons (Fsp3) is 0.474. The average Bonchev–Trinajstić information content (AvgIpc) is 3.05. The van der Waals surface area contributed by atoms with E-state index < -0.39 is 5.60 Å². The van der Waals surface area contributed by atoms with Crippen molar-refractivity contribution in [1.29, 1.82) is 0 Å². The smallest absolute Gasteiger partial charge is 0.191 e. The summed E-state index contributed by atoms with van der Waals surface area (Å²) in [5.74, 6) is 1.53. The van der Waals surface area contributed by atoms with Gasteiger partial charge in [-0.3, -0.25) is 4.68 Å². The molecule has 26 heavy (non-hydrogen) atoms. The lowest BCUT2D eigenvalue weighted by atomic mass is 10.00. The van der Waals surface area contributed by atoms with Gasteiger partial charge in [-0.1, -0.05) is 12.1 Å². The first-order chi connectivity index (χ1) is 12.4. The molecule has 0 bridgehead atoms. The number of rotatable bonds is 7. The van der Waals surface area contributed by atoms with Gasteiger partial charge in [0.15, 0.2) is 5.96 Å². The number of ether oxygens (including phenoxy) is 1. The van der Waals surface area contributed by atoms with Gasteiger partial charge in [-0.25, -0.2) is 4.99 Å². The van der Waals surface area contributed by atoms with Crippen LogP contribution < -0.4 is 15.4 Å². The first-order valence-corrected chi connectivity index (χ1v) is 8.73. The zero-order valence-corrected chi connectivity index (χ0v) is 16.2. The Morgan fingerprint density at radius 3 is 2.73 bits per heavy atom. The van der Waals surface area contributed by atoms with Crippen molar-refractivity contribution in [2.45, 2.75) is 32.9 Å². The van der Waals surface area contributed by atoms with E-state index in [9.17, 15) is 5.11 Å². The van der Waals surface area contributed by atoms with E-state index in [1.165, 1.54) is 0 Å². The quantitative estimate of drug-likeness (QED) is 0.518. The van der Waals surface area contributed by atoms with E-state index in [0.29, 0.717) is 19.0 Å². The summed E-state index contributed by atoms with van der Waals surface area (Å²) < 4.78 is 6.96. The molecule has 2 rings (SSSR count). The van der Waals surface area contributed by atoms with Crippen LogP contribution in [0.3, 0.4) is 0 Å². The minimum absolute atomic E-state index is 0.326. The number of aryl methyl sites for hydroxylation is 2. The lowest BCUT2D eigenvalue weighted by molar-refractivity contribution is 0.0616. The topological polar surface area (TPSA) is 83.7 Å². The predicted octanol–water partition coefficient (Wildman–Crippen LogP) is 1.70. The lowest BCUT2D eigenvalue weighted by Crippen LogP contribution is -2.44. The van der Waals surface area contributed by atoms with Crippen LogP contribution in [-0.2, 0) is 19.2 Å². The molecule has 7 nitrogen and oxygen atoms in total. The summed E-state index contributed by atoms with van der Waals surface area (Å²) in [6.07, 6.45) is 3.48. The molecular formula is C19H29N5O2. The number of guanidine groups is 1. The van der Waals surface area contributed by atoms with Gasteiger partial charge in [-0.15, -0.1) is 0 Å². The number of benzene rings is 1. The second kappa shape index (κ2) is 8.71. The Morgan fingerprint density at radius 1 is 1.38 bits per heavy atom. The Kier molecular flexibility index (Phi) is 6.63. The van der Waals surface area contributed by atoms with Gasteiger partial charge in [-0.05, 0) is 38.0 Å². The maximum Gasteiger partial charge on any atom is 0.191 e. The summed E-state index contributed by atoms with van der Waals surface area (Å²) in [7, 11) is 3.50. The highest BCUT2D eigenvalue weighted by molar-refractivity contribution is 5.79. The number of methoxy groups -OCH3 is 1. The van der Waals surface area contributed by atoms with Crippen LogP contribution in [0.15, 0.2) is 35.6 Å². The van der Waals surface area contributed by atoms with Gasteiger partial charge in [0.05, 0.1) is 26.4 Å². The molecule has 0 saturated heterocycles. The van der Waals surface area contributed by atoms with Crippen LogP contribution in [0.25, 0.3) is 0 Å². The fourth-order valence-corrected chi connectivity index (χ4v) is 2.61. The highest BCUT2D eigenvalue weighted by Gasteiger charge is 2.24. The molecule has 0 aliphatic carbocycles. The summed E-state index contributed by atoms with van der Waals surface area (Å²) in [5, 5.41) is 21.2. The molecule has 1 aromatic heterocycles. The molecule has 1 heterocycles. The summed E-state index contributed by atoms with van der Waals surface area (Å²) in [4.78, 5) is 4.60. The number of nitrogens with one attached hydrogen (secondary N) is 2. The maximum atomic E-state index is 10.7. The molecule has 0 fully saturated rings. The number of hydrogen-bond acceptors (Lipinski definition) is 4. The SMILES string of the molecule is CCNC(=NCc1ccc(OC)c(C)c1)NCC(C)(O)c1cnn(C)c1. The molecule has 2 aromatic rings. The molecule has 1 unspecified atom stereocenters. The molecule has 0 saturated carbocycles. The second-order valence-corrected chi connectivity index (χ2v) is 6.53. The van der Waals surface area contributed by atoms with Gasteiger partial charge in [0.1, 0.15) is 11.4 Å². The number of aromatic nitrogens is 2. The van der Waals surface area contributed by atoms with Crippen LogP contribution in [0, 0.1) is 6.92 Å². The van der Waals surface area contributed by atoms with E-state index in [1.54, 1.807) is 24.9 Å². The number of nitrogens with zero attached hydrogens (tertiary/aromatic N) is 3. The molecule has 3 N–H and O–H groups in total. The van der Waals surface area contributed by atoms with E-state index in [2.05, 4.69) is 26.8 Å². The summed E-state index contributed by atoms with van der Waals surface area (Å²) in [6, 6.07) is 6.02. The van der Waals surface area contributed by atoms with E-state index in [1.807, 2.05) is 39.2 Å². The van der Waals surface area contributed by atoms with Crippen molar-refractivity contribution in [2.24, 2.45) is 12.0 Å². The third kappa shape index (κ3) is 5.23. The van der Waals surface area contributed by atoms with Crippen LogP contribution >= 0.6 is 0 Å². The molecule has 7 heteroatoms. The van der Waals surface area contributed by atoms with E-state index in [4.69, 9.17) is 4.74 Å². The van der Waals surface area contributed by atoms with Gasteiger partial charge < -0.3 is 20.5 Å². The zero-order valence-electron chi connectivity index (χ0n) is 16.2. The van der Waals surface area contributed by atoms with E-state index in [-0.39, 0.29) is 0 Å². The lowest BCUT2D eigenvalue weighted by Gasteiger charge is -2.23. The standard InChI is InChI=1S/C19H29N5O2/c1-6-20-18(21-10-15-7-8-17(26-5)14(2)9-15)22-13-19(3,25)16-11-23-24(4)12-16/h7-9,11-12,25H,6,10,13H2,1-5H3,(H2,20,21,22). The highest BCUT2D eigenvalue weighted by atomic mass is 16.5. The minimum atomic E-state index is -1.04. The van der Waals surface area contributed by atoms with Crippen molar-refractivity contribution >= 4 is 5.96 Å². The minimum Gasteiger partial charge on any atom is -0.496 e. The number of hydrogen-bond donors (Lipinski definition) is 3. The monoisotopic (exact) mass is 359 g/mol. The van der Waals surface area contributed by atoms with Gasteiger partial charge in [0.2, 0.25) is 0 Å². The van der Waals surface area contributed by atoms with Crippen molar-refractivity contribution in [3.63, 3.8) is 0 Å². The number of aliphatic hydroxyl groups is 1. The average molecular weight is 359 g/mol. The number of aliphatic imine (C=N–C) groups is 1. The van der Waals surface area contributed by atoms with Crippen LogP contribution in [0.2, 0.25) is 0 Å². The molecule has 0 spiro atoms. The molecule has 1 atom stereocenters. The molecule has 0 amide bonds. The highest BCUT2D eigenvalue weighted by Crippen LogP contribution is 2.19. The zero-order chi connectivity index (χ0) is 19.2. The van der Waals surface area contributed by atoms with E-state index >= 15 is 0 Å². The normalized spacial score (nSPS) is 14.0. The molecule has 1 aromatic carbocycles.